The maximum Gasteiger partial charge on any atom is 0.223 e. The summed E-state index contributed by atoms with van der Waals surface area (Å²) in [5.74, 6) is 0.244. The Labute approximate surface area is 125 Å². The highest BCUT2D eigenvalue weighted by Crippen LogP contribution is 2.26. The first-order valence-electron chi connectivity index (χ1n) is 7.52. The average Bonchev–Trinajstić information content (AvgIpc) is 2.84. The maximum atomic E-state index is 12.3. The zero-order chi connectivity index (χ0) is 14.8. The number of likely N-dealkylation sites (N-methyl/N-ethyl adjacent to an activating group) is 1. The van der Waals surface area contributed by atoms with Crippen molar-refractivity contribution in [2.75, 3.05) is 27.2 Å². The molecule has 112 valence electrons. The van der Waals surface area contributed by atoms with E-state index < -0.39 is 0 Å². The van der Waals surface area contributed by atoms with Gasteiger partial charge in [-0.3, -0.25) is 4.79 Å². The van der Waals surface area contributed by atoms with E-state index in [0.29, 0.717) is 6.54 Å². The fourth-order valence-electron chi connectivity index (χ4n) is 2.93. The molecule has 1 N–H and O–H groups in total. The first-order valence-corrected chi connectivity index (χ1v) is 7.52. The molecule has 0 bridgehead atoms. The summed E-state index contributed by atoms with van der Waals surface area (Å²) in [6, 6.07) is 6.03. The smallest absolute Gasteiger partial charge is 0.223 e. The Morgan fingerprint density at radius 2 is 2.33 bits per heavy atom. The number of nitrogens with zero attached hydrogens (tertiary/aromatic N) is 3. The van der Waals surface area contributed by atoms with Gasteiger partial charge in [-0.05, 0) is 39.1 Å². The third-order valence-electron chi connectivity index (χ3n) is 4.11. The van der Waals surface area contributed by atoms with Crippen LogP contribution in [0.3, 0.4) is 0 Å². The lowest BCUT2D eigenvalue weighted by molar-refractivity contribution is -0.125. The summed E-state index contributed by atoms with van der Waals surface area (Å²) < 4.78 is 2.12. The second kappa shape index (κ2) is 5.85. The molecule has 0 saturated heterocycles. The number of aromatic nitrogens is 2. The summed E-state index contributed by atoms with van der Waals surface area (Å²) in [7, 11) is 4.02. The van der Waals surface area contributed by atoms with Gasteiger partial charge in [0.15, 0.2) is 0 Å². The number of nitrogens with one attached hydrogen (secondary N) is 1. The zero-order valence-corrected chi connectivity index (χ0v) is 12.7. The van der Waals surface area contributed by atoms with Gasteiger partial charge in [-0.15, -0.1) is 0 Å². The Hall–Kier alpha value is -1.88. The van der Waals surface area contributed by atoms with Crippen LogP contribution in [0.1, 0.15) is 17.8 Å². The predicted molar refractivity (Wildman–Crippen MR) is 82.3 cm³/mol. The highest BCUT2D eigenvalue weighted by atomic mass is 16.1. The Bertz CT molecular complexity index is 647. The van der Waals surface area contributed by atoms with Crippen molar-refractivity contribution in [3.05, 3.63) is 35.8 Å². The van der Waals surface area contributed by atoms with Gasteiger partial charge in [-0.2, -0.15) is 0 Å². The number of amides is 1. The second-order valence-corrected chi connectivity index (χ2v) is 5.97. The lowest BCUT2D eigenvalue weighted by atomic mass is 9.89. The van der Waals surface area contributed by atoms with E-state index in [1.807, 2.05) is 38.5 Å². The van der Waals surface area contributed by atoms with E-state index in [4.69, 9.17) is 0 Å². The maximum absolute atomic E-state index is 12.3. The monoisotopic (exact) mass is 286 g/mol. The molecule has 0 spiro atoms. The minimum atomic E-state index is 0.0692. The predicted octanol–water partition coefficient (Wildman–Crippen LogP) is 1.12. The largest absolute Gasteiger partial charge is 0.355 e. The Morgan fingerprint density at radius 3 is 3.14 bits per heavy atom. The zero-order valence-electron chi connectivity index (χ0n) is 12.7. The molecule has 1 aliphatic rings. The van der Waals surface area contributed by atoms with Crippen molar-refractivity contribution >= 4 is 11.6 Å². The quantitative estimate of drug-likeness (QED) is 0.916. The van der Waals surface area contributed by atoms with Gasteiger partial charge >= 0.3 is 0 Å². The molecule has 2 aromatic heterocycles. The third kappa shape index (κ3) is 2.93. The van der Waals surface area contributed by atoms with E-state index >= 15 is 0 Å². The fraction of sp³-hybridized carbons (Fsp3) is 0.500. The molecule has 0 radical (unpaired) electrons. The number of hydrogen-bond acceptors (Lipinski definition) is 3. The molecular weight excluding hydrogens is 264 g/mol. The molecule has 2 aromatic rings. The molecular formula is C16H22N4O. The summed E-state index contributed by atoms with van der Waals surface area (Å²) in [6.07, 6.45) is 4.61. The van der Waals surface area contributed by atoms with E-state index in [-0.39, 0.29) is 11.8 Å². The van der Waals surface area contributed by atoms with Crippen LogP contribution in [0, 0.1) is 5.92 Å². The minimum Gasteiger partial charge on any atom is -0.355 e. The van der Waals surface area contributed by atoms with E-state index in [9.17, 15) is 4.79 Å². The van der Waals surface area contributed by atoms with E-state index in [1.54, 1.807) is 0 Å². The summed E-state index contributed by atoms with van der Waals surface area (Å²) in [5, 5.41) is 3.04. The van der Waals surface area contributed by atoms with Crippen molar-refractivity contribution in [1.82, 2.24) is 19.6 Å². The van der Waals surface area contributed by atoms with Crippen molar-refractivity contribution in [3.8, 4) is 0 Å². The molecule has 5 nitrogen and oxygen atoms in total. The number of carbonyl (C=O) groups excluding carboxylic acids is 1. The van der Waals surface area contributed by atoms with Gasteiger partial charge in [0.25, 0.3) is 0 Å². The van der Waals surface area contributed by atoms with Gasteiger partial charge in [0.1, 0.15) is 5.65 Å². The van der Waals surface area contributed by atoms with Crippen LogP contribution in [0.5, 0.6) is 0 Å². The number of hydrogen-bond donors (Lipinski definition) is 1. The van der Waals surface area contributed by atoms with Crippen LogP contribution in [0.2, 0.25) is 0 Å². The molecule has 0 fully saturated rings. The average molecular weight is 286 g/mol. The highest BCUT2D eigenvalue weighted by Gasteiger charge is 2.27. The van der Waals surface area contributed by atoms with E-state index in [0.717, 1.165) is 37.1 Å². The Morgan fingerprint density at radius 1 is 1.48 bits per heavy atom. The lowest BCUT2D eigenvalue weighted by Gasteiger charge is -2.21. The van der Waals surface area contributed by atoms with Gasteiger partial charge in [0, 0.05) is 37.3 Å². The van der Waals surface area contributed by atoms with Crippen LogP contribution in [-0.2, 0) is 17.6 Å². The minimum absolute atomic E-state index is 0.0692. The molecule has 3 rings (SSSR count). The topological polar surface area (TPSA) is 49.6 Å². The number of pyridine rings is 1. The SMILES string of the molecule is CN(C)CCNC(=O)C1CCc2nc3ccccn3c2C1. The molecule has 0 aromatic carbocycles. The van der Waals surface area contributed by atoms with Gasteiger partial charge in [-0.1, -0.05) is 6.07 Å². The van der Waals surface area contributed by atoms with Crippen molar-refractivity contribution in [2.24, 2.45) is 5.92 Å². The molecule has 1 unspecified atom stereocenters. The molecule has 0 saturated carbocycles. The van der Waals surface area contributed by atoms with Gasteiger partial charge < -0.3 is 14.6 Å². The van der Waals surface area contributed by atoms with Crippen LogP contribution in [0.25, 0.3) is 5.65 Å². The van der Waals surface area contributed by atoms with Gasteiger partial charge in [0.05, 0.1) is 5.69 Å². The van der Waals surface area contributed by atoms with E-state index in [2.05, 4.69) is 19.6 Å². The molecule has 0 aliphatic heterocycles. The molecule has 21 heavy (non-hydrogen) atoms. The van der Waals surface area contributed by atoms with Crippen molar-refractivity contribution < 1.29 is 4.79 Å². The number of imidazole rings is 1. The number of carbonyl (C=O) groups is 1. The van der Waals surface area contributed by atoms with Crippen LogP contribution < -0.4 is 5.32 Å². The fourth-order valence-corrected chi connectivity index (χ4v) is 2.93. The molecule has 1 aliphatic carbocycles. The molecule has 2 heterocycles. The van der Waals surface area contributed by atoms with Crippen LogP contribution in [-0.4, -0.2) is 47.4 Å². The standard InChI is InChI=1S/C16H22N4O/c1-19(2)10-8-17-16(21)12-6-7-13-14(11-12)20-9-4-3-5-15(20)18-13/h3-5,9,12H,6-8,10-11H2,1-2H3,(H,17,21). The Kier molecular flexibility index (Phi) is 3.92. The second-order valence-electron chi connectivity index (χ2n) is 5.97. The first-order chi connectivity index (χ1) is 10.1. The van der Waals surface area contributed by atoms with Crippen molar-refractivity contribution in [1.29, 1.82) is 0 Å². The molecule has 5 heteroatoms. The number of aryl methyl sites for hydroxylation is 1. The normalized spacial score (nSPS) is 18.0. The van der Waals surface area contributed by atoms with Gasteiger partial charge in [-0.25, -0.2) is 4.98 Å². The lowest BCUT2D eigenvalue weighted by Crippen LogP contribution is -2.37. The Balaban J connectivity index is 1.70. The molecule has 1 amide bonds. The molecule has 1 atom stereocenters. The summed E-state index contributed by atoms with van der Waals surface area (Å²) in [6.45, 7) is 1.58. The first kappa shape index (κ1) is 14.1. The van der Waals surface area contributed by atoms with E-state index in [1.165, 1.54) is 5.69 Å². The van der Waals surface area contributed by atoms with Crippen molar-refractivity contribution in [2.45, 2.75) is 19.3 Å². The van der Waals surface area contributed by atoms with Crippen LogP contribution >= 0.6 is 0 Å². The van der Waals surface area contributed by atoms with Crippen LogP contribution in [0.4, 0.5) is 0 Å². The summed E-state index contributed by atoms with van der Waals surface area (Å²) in [5.41, 5.74) is 3.33. The summed E-state index contributed by atoms with van der Waals surface area (Å²) >= 11 is 0. The van der Waals surface area contributed by atoms with Gasteiger partial charge in [0.2, 0.25) is 5.91 Å². The highest BCUT2D eigenvalue weighted by molar-refractivity contribution is 5.79. The number of rotatable bonds is 4. The van der Waals surface area contributed by atoms with Crippen molar-refractivity contribution in [3.63, 3.8) is 0 Å². The summed E-state index contributed by atoms with van der Waals surface area (Å²) in [4.78, 5) is 19.0. The third-order valence-corrected chi connectivity index (χ3v) is 4.11. The van der Waals surface area contributed by atoms with Crippen LogP contribution in [0.15, 0.2) is 24.4 Å². The number of fused-ring (bicyclic) bond motifs is 3.